The van der Waals surface area contributed by atoms with Crippen LogP contribution in [-0.4, -0.2) is 10.9 Å². The van der Waals surface area contributed by atoms with E-state index in [0.717, 1.165) is 15.7 Å². The molecule has 3 aromatic rings. The van der Waals surface area contributed by atoms with Gasteiger partial charge in [0, 0.05) is 21.9 Å². The van der Waals surface area contributed by atoms with Crippen LogP contribution in [0.3, 0.4) is 0 Å². The van der Waals surface area contributed by atoms with Crippen molar-refractivity contribution in [2.24, 2.45) is 0 Å². The van der Waals surface area contributed by atoms with Crippen molar-refractivity contribution in [3.05, 3.63) is 88.5 Å². The lowest BCUT2D eigenvalue weighted by molar-refractivity contribution is 0.0940. The molecule has 0 aliphatic rings. The second-order valence-corrected chi connectivity index (χ2v) is 6.59. The zero-order valence-electron chi connectivity index (χ0n) is 13.7. The van der Waals surface area contributed by atoms with E-state index < -0.39 is 0 Å². The van der Waals surface area contributed by atoms with Gasteiger partial charge in [-0.2, -0.15) is 0 Å². The first-order valence-corrected chi connectivity index (χ1v) is 8.75. The summed E-state index contributed by atoms with van der Waals surface area (Å²) in [4.78, 5) is 16.8. The van der Waals surface area contributed by atoms with Crippen LogP contribution in [0.25, 0.3) is 0 Å². The Labute approximate surface area is 155 Å². The lowest BCUT2D eigenvalue weighted by atomic mass is 10.1. The zero-order chi connectivity index (χ0) is 17.6. The van der Waals surface area contributed by atoms with Gasteiger partial charge in [0.2, 0.25) is 0 Å². The minimum absolute atomic E-state index is 0.0663. The molecule has 0 radical (unpaired) electrons. The molecule has 0 aliphatic carbocycles. The lowest BCUT2D eigenvalue weighted by Gasteiger charge is -2.14. The van der Waals surface area contributed by atoms with E-state index in [4.69, 9.17) is 0 Å². The molecule has 0 bridgehead atoms. The summed E-state index contributed by atoms with van der Waals surface area (Å²) in [7, 11) is 0. The van der Waals surface area contributed by atoms with Crippen LogP contribution in [0.2, 0.25) is 0 Å². The highest BCUT2D eigenvalue weighted by molar-refractivity contribution is 9.10. The van der Waals surface area contributed by atoms with Gasteiger partial charge in [0.05, 0.1) is 6.04 Å². The Kier molecular flexibility index (Phi) is 5.46. The van der Waals surface area contributed by atoms with E-state index in [1.54, 1.807) is 18.3 Å². The van der Waals surface area contributed by atoms with Crippen molar-refractivity contribution in [2.75, 3.05) is 5.32 Å². The highest BCUT2D eigenvalue weighted by Crippen LogP contribution is 2.20. The average Bonchev–Trinajstić information content (AvgIpc) is 2.62. The van der Waals surface area contributed by atoms with E-state index in [2.05, 4.69) is 31.5 Å². The summed E-state index contributed by atoms with van der Waals surface area (Å²) in [6.07, 6.45) is 1.63. The molecule has 1 unspecified atom stereocenters. The molecular formula is C20H18BrN3O. The van der Waals surface area contributed by atoms with Gasteiger partial charge in [-0.1, -0.05) is 52.3 Å². The van der Waals surface area contributed by atoms with Crippen LogP contribution in [0.1, 0.15) is 28.9 Å². The van der Waals surface area contributed by atoms with E-state index in [9.17, 15) is 4.79 Å². The Hall–Kier alpha value is -2.66. The van der Waals surface area contributed by atoms with Crippen molar-refractivity contribution >= 4 is 33.3 Å². The van der Waals surface area contributed by atoms with Crippen molar-refractivity contribution in [1.29, 1.82) is 0 Å². The first-order valence-electron chi connectivity index (χ1n) is 7.96. The molecule has 1 aromatic heterocycles. The average molecular weight is 396 g/mol. The SMILES string of the molecule is CC(NC(=O)c1ccnc(Nc2cccc(Br)c2)c1)c1ccccc1. The van der Waals surface area contributed by atoms with Gasteiger partial charge in [-0.05, 0) is 42.8 Å². The van der Waals surface area contributed by atoms with Crippen molar-refractivity contribution in [3.8, 4) is 0 Å². The fourth-order valence-corrected chi connectivity index (χ4v) is 2.86. The fourth-order valence-electron chi connectivity index (χ4n) is 2.46. The Morgan fingerprint density at radius 2 is 1.84 bits per heavy atom. The molecule has 1 heterocycles. The number of hydrogen-bond acceptors (Lipinski definition) is 3. The van der Waals surface area contributed by atoms with Crippen LogP contribution >= 0.6 is 15.9 Å². The third kappa shape index (κ3) is 4.67. The third-order valence-corrected chi connectivity index (χ3v) is 4.26. The summed E-state index contributed by atoms with van der Waals surface area (Å²) in [6, 6.07) is 21.0. The van der Waals surface area contributed by atoms with E-state index in [0.29, 0.717) is 11.4 Å². The molecule has 2 aromatic carbocycles. The first-order chi connectivity index (χ1) is 12.1. The Balaban J connectivity index is 1.71. The van der Waals surface area contributed by atoms with Crippen molar-refractivity contribution in [3.63, 3.8) is 0 Å². The number of hydrogen-bond donors (Lipinski definition) is 2. The predicted octanol–water partition coefficient (Wildman–Crippen LogP) is 5.08. The fraction of sp³-hybridized carbons (Fsp3) is 0.100. The molecule has 0 aliphatic heterocycles. The Morgan fingerprint density at radius 3 is 2.60 bits per heavy atom. The van der Waals surface area contributed by atoms with Gasteiger partial charge in [-0.15, -0.1) is 0 Å². The number of nitrogens with zero attached hydrogens (tertiary/aromatic N) is 1. The summed E-state index contributed by atoms with van der Waals surface area (Å²) >= 11 is 3.44. The molecule has 126 valence electrons. The highest BCUT2D eigenvalue weighted by atomic mass is 79.9. The van der Waals surface area contributed by atoms with E-state index >= 15 is 0 Å². The summed E-state index contributed by atoms with van der Waals surface area (Å²) in [5.74, 6) is 0.495. The second-order valence-electron chi connectivity index (χ2n) is 5.67. The van der Waals surface area contributed by atoms with E-state index in [1.165, 1.54) is 0 Å². The summed E-state index contributed by atoms with van der Waals surface area (Å²) in [6.45, 7) is 1.97. The molecule has 3 rings (SSSR count). The van der Waals surface area contributed by atoms with Crippen molar-refractivity contribution in [2.45, 2.75) is 13.0 Å². The smallest absolute Gasteiger partial charge is 0.251 e. The molecule has 0 saturated carbocycles. The van der Waals surface area contributed by atoms with Crippen LogP contribution in [-0.2, 0) is 0 Å². The number of pyridine rings is 1. The molecule has 0 spiro atoms. The highest BCUT2D eigenvalue weighted by Gasteiger charge is 2.12. The maximum Gasteiger partial charge on any atom is 0.251 e. The van der Waals surface area contributed by atoms with Crippen LogP contribution in [0.15, 0.2) is 77.4 Å². The summed E-state index contributed by atoms with van der Waals surface area (Å²) in [5, 5.41) is 6.21. The zero-order valence-corrected chi connectivity index (χ0v) is 15.3. The van der Waals surface area contributed by atoms with Gasteiger partial charge in [-0.3, -0.25) is 4.79 Å². The van der Waals surface area contributed by atoms with Crippen molar-refractivity contribution < 1.29 is 4.79 Å². The lowest BCUT2D eigenvalue weighted by Crippen LogP contribution is -2.26. The van der Waals surface area contributed by atoms with Crippen LogP contribution in [0.5, 0.6) is 0 Å². The Morgan fingerprint density at radius 1 is 1.04 bits per heavy atom. The number of aromatic nitrogens is 1. The molecule has 4 nitrogen and oxygen atoms in total. The van der Waals surface area contributed by atoms with E-state index in [1.807, 2.05) is 61.5 Å². The summed E-state index contributed by atoms with van der Waals surface area (Å²) < 4.78 is 0.975. The normalized spacial score (nSPS) is 11.6. The third-order valence-electron chi connectivity index (χ3n) is 3.77. The topological polar surface area (TPSA) is 54.0 Å². The summed E-state index contributed by atoms with van der Waals surface area (Å²) in [5.41, 5.74) is 2.53. The molecule has 1 atom stereocenters. The molecular weight excluding hydrogens is 378 g/mol. The largest absolute Gasteiger partial charge is 0.346 e. The van der Waals surface area contributed by atoms with Gasteiger partial charge in [0.1, 0.15) is 5.82 Å². The van der Waals surface area contributed by atoms with Crippen LogP contribution in [0, 0.1) is 0 Å². The predicted molar refractivity (Wildman–Crippen MR) is 104 cm³/mol. The number of halogens is 1. The second kappa shape index (κ2) is 7.94. The molecule has 5 heteroatoms. The maximum atomic E-state index is 12.5. The molecule has 25 heavy (non-hydrogen) atoms. The molecule has 1 amide bonds. The monoisotopic (exact) mass is 395 g/mol. The molecule has 0 saturated heterocycles. The van der Waals surface area contributed by atoms with E-state index in [-0.39, 0.29) is 11.9 Å². The van der Waals surface area contributed by atoms with Crippen molar-refractivity contribution in [1.82, 2.24) is 10.3 Å². The Bertz CT molecular complexity index is 868. The number of benzene rings is 2. The van der Waals surface area contributed by atoms with Gasteiger partial charge in [-0.25, -0.2) is 4.98 Å². The number of rotatable bonds is 5. The van der Waals surface area contributed by atoms with Gasteiger partial charge < -0.3 is 10.6 Å². The number of carbonyl (C=O) groups excluding carboxylic acids is 1. The van der Waals surface area contributed by atoms with Gasteiger partial charge in [0.15, 0.2) is 0 Å². The number of amides is 1. The van der Waals surface area contributed by atoms with Crippen LogP contribution in [0.4, 0.5) is 11.5 Å². The number of nitrogens with one attached hydrogen (secondary N) is 2. The number of anilines is 2. The number of carbonyl (C=O) groups is 1. The minimum atomic E-state index is -0.129. The molecule has 2 N–H and O–H groups in total. The minimum Gasteiger partial charge on any atom is -0.346 e. The van der Waals surface area contributed by atoms with Gasteiger partial charge in [0.25, 0.3) is 5.91 Å². The first kappa shape index (κ1) is 17.2. The maximum absolute atomic E-state index is 12.5. The van der Waals surface area contributed by atoms with Gasteiger partial charge >= 0.3 is 0 Å². The standard InChI is InChI=1S/C20H18BrN3O/c1-14(15-6-3-2-4-7-15)23-20(25)16-10-11-22-19(12-16)24-18-9-5-8-17(21)13-18/h2-14H,1H3,(H,22,24)(H,23,25). The molecule has 0 fully saturated rings. The quantitative estimate of drug-likeness (QED) is 0.633. The van der Waals surface area contributed by atoms with Crippen LogP contribution < -0.4 is 10.6 Å².